The maximum atomic E-state index is 10.6. The minimum absolute atomic E-state index is 0.0117. The van der Waals surface area contributed by atoms with Crippen molar-refractivity contribution >= 4 is 13.8 Å². The molecule has 1 N–H and O–H groups in total. The van der Waals surface area contributed by atoms with Crippen molar-refractivity contribution in [2.75, 3.05) is 0 Å². The summed E-state index contributed by atoms with van der Waals surface area (Å²) in [5.74, 6) is 0.161. The normalized spacial score (nSPS) is 38.4. The number of nitrogens with one attached hydrogen (secondary N) is 1. The molecule has 0 bridgehead atoms. The van der Waals surface area contributed by atoms with E-state index < -0.39 is 0 Å². The van der Waals surface area contributed by atoms with Crippen LogP contribution in [-0.4, -0.2) is 19.3 Å². The Kier molecular flexibility index (Phi) is 1.75. The van der Waals surface area contributed by atoms with Crippen molar-refractivity contribution in [2.45, 2.75) is 38.0 Å². The molecule has 2 atom stereocenters. The molecule has 0 spiro atoms. The van der Waals surface area contributed by atoms with Crippen LogP contribution in [0.25, 0.3) is 0 Å². The van der Waals surface area contributed by atoms with Crippen LogP contribution in [0.3, 0.4) is 0 Å². The first kappa shape index (κ1) is 7.64. The quantitative estimate of drug-likeness (QED) is 0.527. The van der Waals surface area contributed by atoms with E-state index in [1.54, 1.807) is 0 Å². The first-order valence-electron chi connectivity index (χ1n) is 3.59. The van der Waals surface area contributed by atoms with E-state index in [1.807, 2.05) is 6.92 Å². The molecule has 0 aromatic rings. The molecule has 0 aliphatic heterocycles. The van der Waals surface area contributed by atoms with E-state index in [2.05, 4.69) is 5.32 Å². The lowest BCUT2D eigenvalue weighted by atomic mass is 9.58. The summed E-state index contributed by atoms with van der Waals surface area (Å²) in [6.45, 7) is 3.51. The van der Waals surface area contributed by atoms with Crippen molar-refractivity contribution in [1.82, 2.24) is 5.32 Å². The molecule has 3 heteroatoms. The summed E-state index contributed by atoms with van der Waals surface area (Å²) < 4.78 is 0. The smallest absolute Gasteiger partial charge is 0.217 e. The second-order valence-electron chi connectivity index (χ2n) is 3.24. The van der Waals surface area contributed by atoms with Gasteiger partial charge in [-0.25, -0.2) is 0 Å². The van der Waals surface area contributed by atoms with Crippen LogP contribution >= 0.6 is 0 Å². The summed E-state index contributed by atoms with van der Waals surface area (Å²) in [5, 5.41) is 2.84. The van der Waals surface area contributed by atoms with Gasteiger partial charge in [0.2, 0.25) is 5.91 Å². The number of carbonyl (C=O) groups is 1. The van der Waals surface area contributed by atoms with Gasteiger partial charge >= 0.3 is 0 Å². The Bertz CT molecular complexity index is 160. The number of amides is 1. The lowest BCUT2D eigenvalue weighted by molar-refractivity contribution is -0.121. The molecule has 1 fully saturated rings. The highest BCUT2D eigenvalue weighted by atomic mass is 16.1. The summed E-state index contributed by atoms with van der Waals surface area (Å²) >= 11 is 0. The maximum Gasteiger partial charge on any atom is 0.217 e. The Morgan fingerprint density at radius 1 is 1.80 bits per heavy atom. The molecule has 1 aliphatic carbocycles. The predicted octanol–water partition coefficient (Wildman–Crippen LogP) is 0.632. The molecule has 0 aromatic carbocycles. The van der Waals surface area contributed by atoms with E-state index in [9.17, 15) is 4.79 Å². The molecule has 1 aliphatic rings. The van der Waals surface area contributed by atoms with Crippen LogP contribution in [0.4, 0.5) is 0 Å². The van der Waals surface area contributed by atoms with E-state index in [0.29, 0.717) is 0 Å². The minimum Gasteiger partial charge on any atom is -0.352 e. The highest BCUT2D eigenvalue weighted by molar-refractivity contribution is 6.13. The number of rotatable bonds is 1. The van der Waals surface area contributed by atoms with Crippen molar-refractivity contribution < 1.29 is 4.79 Å². The molecule has 1 rings (SSSR count). The number of carbonyl (C=O) groups excluding carboxylic acids is 1. The van der Waals surface area contributed by atoms with Crippen molar-refractivity contribution in [3.8, 4) is 0 Å². The largest absolute Gasteiger partial charge is 0.352 e. The first-order valence-corrected chi connectivity index (χ1v) is 3.59. The fraction of sp³-hybridized carbons (Fsp3) is 0.857. The van der Waals surface area contributed by atoms with Crippen LogP contribution in [0.5, 0.6) is 0 Å². The van der Waals surface area contributed by atoms with Gasteiger partial charge in [0.1, 0.15) is 0 Å². The second kappa shape index (κ2) is 2.29. The van der Waals surface area contributed by atoms with E-state index in [0.717, 1.165) is 12.8 Å². The SMILES string of the molecule is [B][C@H]1CC[C@@]1(C)NC(C)=O. The standard InChI is InChI=1S/C7H12BNO/c1-5(10)9-7(2)4-3-6(7)8/h6H,3-4H2,1-2H3,(H,9,10)/t6-,7+/m0/s1. The molecule has 1 saturated carbocycles. The molecule has 1 amide bonds. The maximum absolute atomic E-state index is 10.6. The fourth-order valence-electron chi connectivity index (χ4n) is 1.30. The second-order valence-corrected chi connectivity index (χ2v) is 3.24. The van der Waals surface area contributed by atoms with Crippen LogP contribution in [0.15, 0.2) is 0 Å². The van der Waals surface area contributed by atoms with Gasteiger partial charge in [-0.15, -0.1) is 0 Å². The summed E-state index contributed by atoms with van der Waals surface area (Å²) in [6, 6.07) is 0. The Labute approximate surface area is 62.8 Å². The molecule has 2 nitrogen and oxygen atoms in total. The summed E-state index contributed by atoms with van der Waals surface area (Å²) in [4.78, 5) is 10.6. The molecular weight excluding hydrogens is 125 g/mol. The summed E-state index contributed by atoms with van der Waals surface area (Å²) in [5.41, 5.74) is -0.119. The van der Waals surface area contributed by atoms with Crippen molar-refractivity contribution in [3.63, 3.8) is 0 Å². The molecule has 10 heavy (non-hydrogen) atoms. The monoisotopic (exact) mass is 137 g/mol. The fourth-order valence-corrected chi connectivity index (χ4v) is 1.30. The Morgan fingerprint density at radius 3 is 2.50 bits per heavy atom. The molecule has 2 radical (unpaired) electrons. The van der Waals surface area contributed by atoms with Gasteiger partial charge in [-0.3, -0.25) is 4.79 Å². The third-order valence-electron chi connectivity index (χ3n) is 2.25. The molecule has 54 valence electrons. The zero-order chi connectivity index (χ0) is 7.78. The third-order valence-corrected chi connectivity index (χ3v) is 2.25. The lowest BCUT2D eigenvalue weighted by Gasteiger charge is -2.46. The zero-order valence-electron chi connectivity index (χ0n) is 6.48. The average Bonchev–Trinajstić information content (AvgIpc) is 1.84. The highest BCUT2D eigenvalue weighted by Gasteiger charge is 2.39. The van der Waals surface area contributed by atoms with E-state index in [-0.39, 0.29) is 17.3 Å². The highest BCUT2D eigenvalue weighted by Crippen LogP contribution is 2.40. The van der Waals surface area contributed by atoms with Crippen LogP contribution < -0.4 is 5.32 Å². The molecule has 0 aromatic heterocycles. The van der Waals surface area contributed by atoms with Crippen molar-refractivity contribution in [2.24, 2.45) is 0 Å². The molecule has 0 unspecified atom stereocenters. The number of hydrogen-bond donors (Lipinski definition) is 1. The first-order chi connectivity index (χ1) is 4.54. The van der Waals surface area contributed by atoms with E-state index in [4.69, 9.17) is 7.85 Å². The minimum atomic E-state index is -0.119. The van der Waals surface area contributed by atoms with Crippen molar-refractivity contribution in [1.29, 1.82) is 0 Å². The van der Waals surface area contributed by atoms with Crippen LogP contribution in [0.2, 0.25) is 5.82 Å². The topological polar surface area (TPSA) is 29.1 Å². The third kappa shape index (κ3) is 1.18. The average molecular weight is 137 g/mol. The van der Waals surface area contributed by atoms with Gasteiger partial charge in [0.15, 0.2) is 0 Å². The predicted molar refractivity (Wildman–Crippen MR) is 41.0 cm³/mol. The Hall–Kier alpha value is -0.465. The summed E-state index contributed by atoms with van der Waals surface area (Å²) in [7, 11) is 5.69. The lowest BCUT2D eigenvalue weighted by Crippen LogP contribution is -2.54. The summed E-state index contributed by atoms with van der Waals surface area (Å²) in [6.07, 6.45) is 2.03. The Morgan fingerprint density at radius 2 is 2.40 bits per heavy atom. The Balaban J connectivity index is 2.45. The molecule has 0 saturated heterocycles. The van der Waals surface area contributed by atoms with E-state index >= 15 is 0 Å². The van der Waals surface area contributed by atoms with Gasteiger partial charge < -0.3 is 5.32 Å². The van der Waals surface area contributed by atoms with Gasteiger partial charge in [-0.1, -0.05) is 12.2 Å². The van der Waals surface area contributed by atoms with Gasteiger partial charge in [0.25, 0.3) is 0 Å². The van der Waals surface area contributed by atoms with E-state index in [1.165, 1.54) is 6.92 Å². The van der Waals surface area contributed by atoms with Gasteiger partial charge in [-0.2, -0.15) is 0 Å². The molecule has 0 heterocycles. The van der Waals surface area contributed by atoms with Gasteiger partial charge in [-0.05, 0) is 13.3 Å². The van der Waals surface area contributed by atoms with Crippen LogP contribution in [-0.2, 0) is 4.79 Å². The zero-order valence-corrected chi connectivity index (χ0v) is 6.48. The van der Waals surface area contributed by atoms with Crippen LogP contribution in [0, 0.1) is 0 Å². The number of hydrogen-bond acceptors (Lipinski definition) is 1. The van der Waals surface area contributed by atoms with Crippen molar-refractivity contribution in [3.05, 3.63) is 0 Å². The molecular formula is C7H12BNO. The van der Waals surface area contributed by atoms with Gasteiger partial charge in [0.05, 0.1) is 7.85 Å². The van der Waals surface area contributed by atoms with Gasteiger partial charge in [0, 0.05) is 12.5 Å². The van der Waals surface area contributed by atoms with Crippen LogP contribution in [0.1, 0.15) is 26.7 Å².